The van der Waals surface area contributed by atoms with Crippen molar-refractivity contribution in [3.63, 3.8) is 0 Å². The molecular formula is C15H18N4. The third kappa shape index (κ3) is 2.37. The van der Waals surface area contributed by atoms with Crippen LogP contribution in [0.15, 0.2) is 12.1 Å². The number of nitrogens with zero attached hydrogens (tertiary/aromatic N) is 4. The van der Waals surface area contributed by atoms with E-state index in [4.69, 9.17) is 0 Å². The summed E-state index contributed by atoms with van der Waals surface area (Å²) >= 11 is 0. The van der Waals surface area contributed by atoms with Gasteiger partial charge in [-0.3, -0.25) is 4.98 Å². The van der Waals surface area contributed by atoms with Crippen molar-refractivity contribution >= 4 is 0 Å². The Morgan fingerprint density at radius 3 is 2.53 bits per heavy atom. The average Bonchev–Trinajstić information content (AvgIpc) is 2.81. The smallest absolute Gasteiger partial charge is 0.103 e. The highest BCUT2D eigenvalue weighted by Gasteiger charge is 2.14. The third-order valence-corrected chi connectivity index (χ3v) is 3.21. The maximum atomic E-state index is 9.35. The number of aromatic nitrogens is 3. The number of rotatable bonds is 3. The van der Waals surface area contributed by atoms with E-state index in [2.05, 4.69) is 36.1 Å². The van der Waals surface area contributed by atoms with Crippen LogP contribution in [0.2, 0.25) is 0 Å². The number of pyridine rings is 1. The number of nitriles is 1. The Morgan fingerprint density at radius 1 is 1.21 bits per heavy atom. The first kappa shape index (κ1) is 13.3. The zero-order valence-electron chi connectivity index (χ0n) is 11.9. The van der Waals surface area contributed by atoms with E-state index in [0.717, 1.165) is 41.3 Å². The van der Waals surface area contributed by atoms with E-state index in [1.807, 2.05) is 24.6 Å². The van der Waals surface area contributed by atoms with Crippen molar-refractivity contribution in [3.8, 4) is 11.8 Å². The van der Waals surface area contributed by atoms with Crippen LogP contribution < -0.4 is 0 Å². The summed E-state index contributed by atoms with van der Waals surface area (Å²) in [5.74, 6) is 0. The lowest BCUT2D eigenvalue weighted by Gasteiger charge is -2.10. The molecule has 2 aromatic rings. The topological polar surface area (TPSA) is 54.5 Å². The van der Waals surface area contributed by atoms with Gasteiger partial charge in [-0.15, -0.1) is 0 Å². The lowest BCUT2D eigenvalue weighted by molar-refractivity contribution is 0.787. The van der Waals surface area contributed by atoms with Crippen LogP contribution in [0, 0.1) is 25.2 Å². The van der Waals surface area contributed by atoms with Gasteiger partial charge < -0.3 is 0 Å². The molecule has 0 amide bonds. The van der Waals surface area contributed by atoms with Gasteiger partial charge in [0.2, 0.25) is 0 Å². The highest BCUT2D eigenvalue weighted by atomic mass is 15.3. The van der Waals surface area contributed by atoms with Crippen LogP contribution in [0.4, 0.5) is 0 Å². The molecule has 0 aromatic carbocycles. The standard InChI is InChI=1S/C15H18N4/c1-5-12-8-13(6-2)19(18-12)15-7-10(3)17-11(4)14(15)9-16/h7-8H,5-6H2,1-4H3. The van der Waals surface area contributed by atoms with E-state index in [0.29, 0.717) is 5.56 Å². The molecule has 0 atom stereocenters. The molecule has 98 valence electrons. The highest BCUT2D eigenvalue weighted by Crippen LogP contribution is 2.20. The van der Waals surface area contributed by atoms with Gasteiger partial charge in [-0.25, -0.2) is 4.68 Å². The average molecular weight is 254 g/mol. The van der Waals surface area contributed by atoms with Gasteiger partial charge in [0.1, 0.15) is 6.07 Å². The molecule has 0 bridgehead atoms. The summed E-state index contributed by atoms with van der Waals surface area (Å²) in [7, 11) is 0. The Labute approximate surface area is 113 Å². The summed E-state index contributed by atoms with van der Waals surface area (Å²) in [6, 6.07) is 6.28. The van der Waals surface area contributed by atoms with Crippen molar-refractivity contribution in [1.29, 1.82) is 5.26 Å². The van der Waals surface area contributed by atoms with Crippen LogP contribution >= 0.6 is 0 Å². The van der Waals surface area contributed by atoms with Crippen LogP contribution in [-0.4, -0.2) is 14.8 Å². The predicted octanol–water partition coefficient (Wildman–Crippen LogP) is 2.88. The van der Waals surface area contributed by atoms with Gasteiger partial charge in [0.15, 0.2) is 0 Å². The Bertz CT molecular complexity index is 647. The Hall–Kier alpha value is -2.15. The molecule has 0 saturated carbocycles. The summed E-state index contributed by atoms with van der Waals surface area (Å²) < 4.78 is 1.89. The first-order valence-electron chi connectivity index (χ1n) is 6.57. The second-order valence-corrected chi connectivity index (χ2v) is 4.60. The van der Waals surface area contributed by atoms with Gasteiger partial charge >= 0.3 is 0 Å². The lowest BCUT2D eigenvalue weighted by Crippen LogP contribution is -2.07. The fraction of sp³-hybridized carbons (Fsp3) is 0.400. The van der Waals surface area contributed by atoms with Crippen molar-refractivity contribution in [2.45, 2.75) is 40.5 Å². The van der Waals surface area contributed by atoms with Gasteiger partial charge in [0, 0.05) is 11.4 Å². The molecule has 0 aliphatic heterocycles. The minimum Gasteiger partial charge on any atom is -0.257 e. The molecule has 4 nitrogen and oxygen atoms in total. The zero-order chi connectivity index (χ0) is 14.0. The van der Waals surface area contributed by atoms with E-state index in [1.165, 1.54) is 0 Å². The molecule has 0 aliphatic carbocycles. The molecule has 2 rings (SSSR count). The Balaban J connectivity index is 2.71. The number of hydrogen-bond acceptors (Lipinski definition) is 3. The molecule has 4 heteroatoms. The van der Waals surface area contributed by atoms with Gasteiger partial charge in [0.25, 0.3) is 0 Å². The van der Waals surface area contributed by atoms with Crippen molar-refractivity contribution in [3.05, 3.63) is 40.5 Å². The Morgan fingerprint density at radius 2 is 1.95 bits per heavy atom. The molecule has 0 aliphatic rings. The van der Waals surface area contributed by atoms with Crippen molar-refractivity contribution < 1.29 is 0 Å². The van der Waals surface area contributed by atoms with Crippen molar-refractivity contribution in [2.75, 3.05) is 0 Å². The fourth-order valence-electron chi connectivity index (χ4n) is 2.22. The van der Waals surface area contributed by atoms with E-state index in [-0.39, 0.29) is 0 Å². The molecular weight excluding hydrogens is 236 g/mol. The quantitative estimate of drug-likeness (QED) is 0.846. The summed E-state index contributed by atoms with van der Waals surface area (Å²) in [6.07, 6.45) is 1.78. The first-order chi connectivity index (χ1) is 9.10. The zero-order valence-corrected chi connectivity index (χ0v) is 11.9. The fourth-order valence-corrected chi connectivity index (χ4v) is 2.22. The maximum absolute atomic E-state index is 9.35. The van der Waals surface area contributed by atoms with Gasteiger partial charge in [-0.1, -0.05) is 13.8 Å². The molecule has 0 N–H and O–H groups in total. The predicted molar refractivity (Wildman–Crippen MR) is 74.3 cm³/mol. The number of aryl methyl sites for hydroxylation is 4. The summed E-state index contributed by atoms with van der Waals surface area (Å²) in [5.41, 5.74) is 5.27. The third-order valence-electron chi connectivity index (χ3n) is 3.21. The molecule has 0 fully saturated rings. The van der Waals surface area contributed by atoms with Crippen molar-refractivity contribution in [2.24, 2.45) is 0 Å². The summed E-state index contributed by atoms with van der Waals surface area (Å²) in [6.45, 7) is 7.98. The van der Waals surface area contributed by atoms with Gasteiger partial charge in [0.05, 0.1) is 22.6 Å². The van der Waals surface area contributed by atoms with Gasteiger partial charge in [-0.05, 0) is 38.8 Å². The number of hydrogen-bond donors (Lipinski definition) is 0. The monoisotopic (exact) mass is 254 g/mol. The molecule has 19 heavy (non-hydrogen) atoms. The molecule has 0 spiro atoms. The molecule has 2 heterocycles. The minimum absolute atomic E-state index is 0.603. The molecule has 0 saturated heterocycles. The second kappa shape index (κ2) is 5.23. The van der Waals surface area contributed by atoms with E-state index >= 15 is 0 Å². The van der Waals surface area contributed by atoms with Crippen LogP contribution in [0.25, 0.3) is 5.69 Å². The molecule has 0 unspecified atom stereocenters. The Kier molecular flexibility index (Phi) is 3.66. The van der Waals surface area contributed by atoms with Crippen LogP contribution in [-0.2, 0) is 12.8 Å². The largest absolute Gasteiger partial charge is 0.257 e. The van der Waals surface area contributed by atoms with E-state index in [9.17, 15) is 5.26 Å². The lowest BCUT2D eigenvalue weighted by atomic mass is 10.1. The molecule has 0 radical (unpaired) electrons. The van der Waals surface area contributed by atoms with Crippen LogP contribution in [0.5, 0.6) is 0 Å². The minimum atomic E-state index is 0.603. The maximum Gasteiger partial charge on any atom is 0.103 e. The van der Waals surface area contributed by atoms with Gasteiger partial charge in [-0.2, -0.15) is 10.4 Å². The SMILES string of the molecule is CCc1cc(CC)n(-c2cc(C)nc(C)c2C#N)n1. The summed E-state index contributed by atoms with van der Waals surface area (Å²) in [4.78, 5) is 4.35. The first-order valence-corrected chi connectivity index (χ1v) is 6.57. The van der Waals surface area contributed by atoms with E-state index < -0.39 is 0 Å². The van der Waals surface area contributed by atoms with Crippen molar-refractivity contribution in [1.82, 2.24) is 14.8 Å². The van der Waals surface area contributed by atoms with Crippen LogP contribution in [0.3, 0.4) is 0 Å². The molecule has 2 aromatic heterocycles. The summed E-state index contributed by atoms with van der Waals surface area (Å²) in [5, 5.41) is 13.9. The second-order valence-electron chi connectivity index (χ2n) is 4.60. The van der Waals surface area contributed by atoms with E-state index in [1.54, 1.807) is 0 Å². The highest BCUT2D eigenvalue weighted by molar-refractivity contribution is 5.52. The normalized spacial score (nSPS) is 10.5. The van der Waals surface area contributed by atoms with Crippen LogP contribution in [0.1, 0.15) is 42.2 Å².